The van der Waals surface area contributed by atoms with Gasteiger partial charge in [0.2, 0.25) is 5.91 Å². The summed E-state index contributed by atoms with van der Waals surface area (Å²) in [6.07, 6.45) is 0. The number of carboxylic acids is 1. The minimum atomic E-state index is -1.11. The average Bonchev–Trinajstić information content (AvgIpc) is 2.49. The second kappa shape index (κ2) is 8.66. The van der Waals surface area contributed by atoms with Gasteiger partial charge in [0.1, 0.15) is 11.8 Å². The Morgan fingerprint density at radius 3 is 2.32 bits per heavy atom. The number of hydrogen-bond donors (Lipinski definition) is 3. The molecule has 0 heterocycles. The molecule has 7 nitrogen and oxygen atoms in total. The summed E-state index contributed by atoms with van der Waals surface area (Å²) >= 11 is 0. The van der Waals surface area contributed by atoms with Crippen LogP contribution in [0, 0.1) is 5.92 Å². The summed E-state index contributed by atoms with van der Waals surface area (Å²) in [5.74, 6) is -1.84. The molecule has 2 amide bonds. The standard InChI is InChI=1S/C15H20N2O5/c1-10(2)14(15(20)21)17-12(18)8-16-13(19)9-22-11-6-4-3-5-7-11/h3-7,10,14H,8-9H2,1-2H3,(H,16,19)(H,17,18)(H,20,21)/t14-/m1/s1. The number of rotatable bonds is 8. The number of carbonyl (C=O) groups excluding carboxylic acids is 2. The normalized spacial score (nSPS) is 11.6. The Balaban J connectivity index is 2.31. The maximum atomic E-state index is 11.6. The summed E-state index contributed by atoms with van der Waals surface area (Å²) in [6.45, 7) is 2.86. The molecule has 22 heavy (non-hydrogen) atoms. The number of amides is 2. The van der Waals surface area contributed by atoms with Crippen molar-refractivity contribution in [2.24, 2.45) is 5.92 Å². The van der Waals surface area contributed by atoms with E-state index in [1.165, 1.54) is 0 Å². The first-order valence-electron chi connectivity index (χ1n) is 6.87. The minimum absolute atomic E-state index is 0.218. The molecule has 0 aliphatic rings. The number of aliphatic carboxylic acids is 1. The van der Waals surface area contributed by atoms with Crippen LogP contribution in [-0.2, 0) is 14.4 Å². The van der Waals surface area contributed by atoms with Gasteiger partial charge in [-0.2, -0.15) is 0 Å². The van der Waals surface area contributed by atoms with Crippen LogP contribution in [0.25, 0.3) is 0 Å². The van der Waals surface area contributed by atoms with E-state index >= 15 is 0 Å². The van der Waals surface area contributed by atoms with Gasteiger partial charge in [0.15, 0.2) is 6.61 Å². The predicted molar refractivity (Wildman–Crippen MR) is 79.4 cm³/mol. The topological polar surface area (TPSA) is 105 Å². The van der Waals surface area contributed by atoms with Gasteiger partial charge in [0.25, 0.3) is 5.91 Å². The second-order valence-electron chi connectivity index (χ2n) is 5.01. The van der Waals surface area contributed by atoms with E-state index in [1.54, 1.807) is 38.1 Å². The van der Waals surface area contributed by atoms with Crippen LogP contribution >= 0.6 is 0 Å². The Labute approximate surface area is 128 Å². The fourth-order valence-electron chi connectivity index (χ4n) is 1.63. The van der Waals surface area contributed by atoms with Crippen molar-refractivity contribution in [2.75, 3.05) is 13.2 Å². The van der Waals surface area contributed by atoms with Crippen LogP contribution in [0.2, 0.25) is 0 Å². The third-order valence-electron chi connectivity index (χ3n) is 2.81. The van der Waals surface area contributed by atoms with Gasteiger partial charge in [-0.25, -0.2) is 4.79 Å². The quantitative estimate of drug-likeness (QED) is 0.645. The first kappa shape index (κ1) is 17.5. The number of benzene rings is 1. The van der Waals surface area contributed by atoms with E-state index in [0.29, 0.717) is 5.75 Å². The van der Waals surface area contributed by atoms with E-state index in [2.05, 4.69) is 10.6 Å². The van der Waals surface area contributed by atoms with E-state index < -0.39 is 23.8 Å². The molecular formula is C15H20N2O5. The molecule has 0 aromatic heterocycles. The molecule has 3 N–H and O–H groups in total. The van der Waals surface area contributed by atoms with Crippen LogP contribution in [0.5, 0.6) is 5.75 Å². The Hall–Kier alpha value is -2.57. The van der Waals surface area contributed by atoms with E-state index in [0.717, 1.165) is 0 Å². The Morgan fingerprint density at radius 2 is 1.77 bits per heavy atom. The van der Waals surface area contributed by atoms with Crippen molar-refractivity contribution in [3.05, 3.63) is 30.3 Å². The number of nitrogens with one attached hydrogen (secondary N) is 2. The summed E-state index contributed by atoms with van der Waals surface area (Å²) < 4.78 is 5.22. The van der Waals surface area contributed by atoms with Crippen LogP contribution in [-0.4, -0.2) is 42.1 Å². The van der Waals surface area contributed by atoms with Crippen molar-refractivity contribution < 1.29 is 24.2 Å². The number of ether oxygens (including phenoxy) is 1. The van der Waals surface area contributed by atoms with Crippen molar-refractivity contribution in [3.8, 4) is 5.75 Å². The number of carbonyl (C=O) groups is 3. The maximum absolute atomic E-state index is 11.6. The van der Waals surface area contributed by atoms with Crippen LogP contribution in [0.15, 0.2) is 30.3 Å². The lowest BCUT2D eigenvalue weighted by molar-refractivity contribution is -0.143. The molecule has 1 aromatic rings. The molecule has 120 valence electrons. The molecule has 7 heteroatoms. The van der Waals surface area contributed by atoms with Crippen molar-refractivity contribution in [2.45, 2.75) is 19.9 Å². The molecule has 0 radical (unpaired) electrons. The molecule has 0 aliphatic heterocycles. The molecule has 1 atom stereocenters. The smallest absolute Gasteiger partial charge is 0.326 e. The van der Waals surface area contributed by atoms with E-state index in [4.69, 9.17) is 9.84 Å². The Kier molecular flexibility index (Phi) is 6.88. The average molecular weight is 308 g/mol. The molecule has 1 rings (SSSR count). The highest BCUT2D eigenvalue weighted by atomic mass is 16.5. The van der Waals surface area contributed by atoms with Gasteiger partial charge < -0.3 is 20.5 Å². The van der Waals surface area contributed by atoms with Crippen molar-refractivity contribution >= 4 is 17.8 Å². The largest absolute Gasteiger partial charge is 0.484 e. The fraction of sp³-hybridized carbons (Fsp3) is 0.400. The van der Waals surface area contributed by atoms with Crippen molar-refractivity contribution in [1.82, 2.24) is 10.6 Å². The molecule has 0 saturated heterocycles. The summed E-state index contributed by atoms with van der Waals surface area (Å²) in [4.78, 5) is 34.1. The maximum Gasteiger partial charge on any atom is 0.326 e. The Morgan fingerprint density at radius 1 is 1.14 bits per heavy atom. The molecule has 0 saturated carbocycles. The molecule has 1 aromatic carbocycles. The lowest BCUT2D eigenvalue weighted by Gasteiger charge is -2.18. The summed E-state index contributed by atoms with van der Waals surface area (Å²) in [6, 6.07) is 7.81. The lowest BCUT2D eigenvalue weighted by atomic mass is 10.1. The number of carboxylic acid groups (broad SMARTS) is 1. The first-order valence-corrected chi connectivity index (χ1v) is 6.87. The third-order valence-corrected chi connectivity index (χ3v) is 2.81. The predicted octanol–water partition coefficient (Wildman–Crippen LogP) is 0.407. The first-order chi connectivity index (χ1) is 10.4. The summed E-state index contributed by atoms with van der Waals surface area (Å²) in [5, 5.41) is 13.7. The zero-order valence-corrected chi connectivity index (χ0v) is 12.5. The zero-order valence-electron chi connectivity index (χ0n) is 12.5. The van der Waals surface area contributed by atoms with E-state index in [-0.39, 0.29) is 19.1 Å². The lowest BCUT2D eigenvalue weighted by Crippen LogP contribution is -2.48. The van der Waals surface area contributed by atoms with E-state index in [9.17, 15) is 14.4 Å². The van der Waals surface area contributed by atoms with Gasteiger partial charge in [-0.3, -0.25) is 9.59 Å². The van der Waals surface area contributed by atoms with Gasteiger partial charge in [-0.05, 0) is 18.1 Å². The summed E-state index contributed by atoms with van der Waals surface area (Å²) in [5.41, 5.74) is 0. The summed E-state index contributed by atoms with van der Waals surface area (Å²) in [7, 11) is 0. The van der Waals surface area contributed by atoms with E-state index in [1.807, 2.05) is 6.07 Å². The number of hydrogen-bond acceptors (Lipinski definition) is 4. The second-order valence-corrected chi connectivity index (χ2v) is 5.01. The van der Waals surface area contributed by atoms with Crippen molar-refractivity contribution in [3.63, 3.8) is 0 Å². The highest BCUT2D eigenvalue weighted by Crippen LogP contribution is 2.07. The number of para-hydroxylation sites is 1. The van der Waals surface area contributed by atoms with Crippen molar-refractivity contribution in [1.29, 1.82) is 0 Å². The monoisotopic (exact) mass is 308 g/mol. The van der Waals surface area contributed by atoms with Crippen LogP contribution < -0.4 is 15.4 Å². The van der Waals surface area contributed by atoms with Gasteiger partial charge in [-0.15, -0.1) is 0 Å². The van der Waals surface area contributed by atoms with Gasteiger partial charge >= 0.3 is 5.97 Å². The molecular weight excluding hydrogens is 288 g/mol. The SMILES string of the molecule is CC(C)[C@@H](NC(=O)CNC(=O)COc1ccccc1)C(=O)O. The van der Waals surface area contributed by atoms with Gasteiger partial charge in [-0.1, -0.05) is 32.0 Å². The molecule has 0 bridgehead atoms. The van der Waals surface area contributed by atoms with Crippen LogP contribution in [0.1, 0.15) is 13.8 Å². The molecule has 0 spiro atoms. The van der Waals surface area contributed by atoms with Gasteiger partial charge in [0.05, 0.1) is 6.54 Å². The Bertz CT molecular complexity index is 516. The molecule has 0 fully saturated rings. The highest BCUT2D eigenvalue weighted by Gasteiger charge is 2.23. The molecule has 0 aliphatic carbocycles. The van der Waals surface area contributed by atoms with Gasteiger partial charge in [0, 0.05) is 0 Å². The highest BCUT2D eigenvalue weighted by molar-refractivity contribution is 5.88. The minimum Gasteiger partial charge on any atom is -0.484 e. The third kappa shape index (κ3) is 6.25. The van der Waals surface area contributed by atoms with Crippen LogP contribution in [0.4, 0.5) is 0 Å². The zero-order chi connectivity index (χ0) is 16.5. The van der Waals surface area contributed by atoms with Crippen LogP contribution in [0.3, 0.4) is 0 Å². The fourth-order valence-corrected chi connectivity index (χ4v) is 1.63. The molecule has 0 unspecified atom stereocenters.